The highest BCUT2D eigenvalue weighted by molar-refractivity contribution is 5.93. The smallest absolute Gasteiger partial charge is 0.229 e. The topological polar surface area (TPSA) is 44.4 Å². The Morgan fingerprint density at radius 1 is 1.29 bits per heavy atom. The lowest BCUT2D eigenvalue weighted by atomic mass is 9.97. The SMILES string of the molecule is C[C@@H]1CNC[C@H]1C(=O)Nc1cccc(N2CCCC2)c1.Cl. The molecule has 2 saturated heterocycles. The molecule has 0 aromatic heterocycles. The minimum atomic E-state index is 0. The van der Waals surface area contributed by atoms with Gasteiger partial charge in [0.05, 0.1) is 5.92 Å². The molecule has 3 rings (SSSR count). The molecule has 116 valence electrons. The summed E-state index contributed by atoms with van der Waals surface area (Å²) in [4.78, 5) is 14.7. The van der Waals surface area contributed by atoms with Gasteiger partial charge in [-0.15, -0.1) is 12.4 Å². The fraction of sp³-hybridized carbons (Fsp3) is 0.562. The second kappa shape index (κ2) is 7.14. The number of hydrogen-bond acceptors (Lipinski definition) is 3. The molecule has 0 bridgehead atoms. The number of nitrogens with zero attached hydrogens (tertiary/aromatic N) is 1. The molecule has 2 aliphatic heterocycles. The minimum Gasteiger partial charge on any atom is -0.371 e. The fourth-order valence-corrected chi connectivity index (χ4v) is 3.15. The molecule has 0 radical (unpaired) electrons. The Balaban J connectivity index is 0.00000161. The van der Waals surface area contributed by atoms with E-state index in [1.807, 2.05) is 12.1 Å². The number of hydrogen-bond donors (Lipinski definition) is 2. The first kappa shape index (κ1) is 16.1. The van der Waals surface area contributed by atoms with Crippen LogP contribution in [-0.2, 0) is 4.79 Å². The number of carbonyl (C=O) groups is 1. The molecule has 2 fully saturated rings. The number of nitrogens with one attached hydrogen (secondary N) is 2. The van der Waals surface area contributed by atoms with Gasteiger partial charge in [-0.1, -0.05) is 13.0 Å². The van der Waals surface area contributed by atoms with E-state index in [-0.39, 0.29) is 24.2 Å². The molecule has 2 heterocycles. The first-order valence-corrected chi connectivity index (χ1v) is 7.60. The van der Waals surface area contributed by atoms with E-state index in [9.17, 15) is 4.79 Å². The normalized spacial score (nSPS) is 24.7. The number of amides is 1. The summed E-state index contributed by atoms with van der Waals surface area (Å²) in [5.74, 6) is 0.642. The van der Waals surface area contributed by atoms with Crippen molar-refractivity contribution >= 4 is 29.7 Å². The lowest BCUT2D eigenvalue weighted by Crippen LogP contribution is -2.28. The Bertz CT molecular complexity index is 488. The molecule has 1 aromatic rings. The van der Waals surface area contributed by atoms with Crippen LogP contribution in [0.4, 0.5) is 11.4 Å². The fourth-order valence-electron chi connectivity index (χ4n) is 3.15. The Kier molecular flexibility index (Phi) is 5.48. The molecule has 0 aliphatic carbocycles. The van der Waals surface area contributed by atoms with Gasteiger partial charge in [-0.05, 0) is 43.5 Å². The van der Waals surface area contributed by atoms with Gasteiger partial charge in [-0.3, -0.25) is 4.79 Å². The van der Waals surface area contributed by atoms with Gasteiger partial charge in [0.25, 0.3) is 0 Å². The van der Waals surface area contributed by atoms with E-state index in [0.29, 0.717) is 5.92 Å². The van der Waals surface area contributed by atoms with Crippen molar-refractivity contribution < 1.29 is 4.79 Å². The highest BCUT2D eigenvalue weighted by Crippen LogP contribution is 2.24. The maximum Gasteiger partial charge on any atom is 0.229 e. The van der Waals surface area contributed by atoms with Crippen molar-refractivity contribution in [2.45, 2.75) is 19.8 Å². The molecule has 1 aromatic carbocycles. The van der Waals surface area contributed by atoms with Crippen LogP contribution >= 0.6 is 12.4 Å². The molecule has 0 spiro atoms. The molecule has 0 saturated carbocycles. The summed E-state index contributed by atoms with van der Waals surface area (Å²) in [6.45, 7) is 6.11. The van der Waals surface area contributed by atoms with Gasteiger partial charge in [0.2, 0.25) is 5.91 Å². The molecule has 0 unspecified atom stereocenters. The lowest BCUT2D eigenvalue weighted by Gasteiger charge is -2.19. The highest BCUT2D eigenvalue weighted by Gasteiger charge is 2.29. The molecule has 21 heavy (non-hydrogen) atoms. The number of benzene rings is 1. The molecule has 2 atom stereocenters. The monoisotopic (exact) mass is 309 g/mol. The van der Waals surface area contributed by atoms with Gasteiger partial charge in [0, 0.05) is 31.0 Å². The van der Waals surface area contributed by atoms with E-state index in [4.69, 9.17) is 0 Å². The quantitative estimate of drug-likeness (QED) is 0.901. The molecular weight excluding hydrogens is 286 g/mol. The average Bonchev–Trinajstić information content (AvgIpc) is 3.09. The van der Waals surface area contributed by atoms with Crippen molar-refractivity contribution in [3.63, 3.8) is 0 Å². The largest absolute Gasteiger partial charge is 0.371 e. The molecule has 2 aliphatic rings. The number of halogens is 1. The summed E-state index contributed by atoms with van der Waals surface area (Å²) < 4.78 is 0. The Labute approximate surface area is 132 Å². The zero-order valence-corrected chi connectivity index (χ0v) is 13.3. The van der Waals surface area contributed by atoms with E-state index >= 15 is 0 Å². The standard InChI is InChI=1S/C16H23N3O.ClH/c1-12-10-17-11-15(12)16(20)18-13-5-4-6-14(9-13)19-7-2-3-8-19;/h4-6,9,12,15,17H,2-3,7-8,10-11H2,1H3,(H,18,20);1H/t12-,15-;/m1./s1. The Hall–Kier alpha value is -1.26. The van der Waals surface area contributed by atoms with E-state index in [2.05, 4.69) is 34.6 Å². The van der Waals surface area contributed by atoms with Crippen LogP contribution in [0.5, 0.6) is 0 Å². The maximum absolute atomic E-state index is 12.3. The van der Waals surface area contributed by atoms with Crippen LogP contribution in [0.1, 0.15) is 19.8 Å². The van der Waals surface area contributed by atoms with Crippen molar-refractivity contribution in [1.29, 1.82) is 0 Å². The van der Waals surface area contributed by atoms with Gasteiger partial charge in [-0.25, -0.2) is 0 Å². The van der Waals surface area contributed by atoms with Crippen LogP contribution in [0.15, 0.2) is 24.3 Å². The van der Waals surface area contributed by atoms with Crippen molar-refractivity contribution in [1.82, 2.24) is 5.32 Å². The second-order valence-electron chi connectivity index (χ2n) is 5.98. The zero-order chi connectivity index (χ0) is 13.9. The number of rotatable bonds is 3. The molecule has 2 N–H and O–H groups in total. The predicted molar refractivity (Wildman–Crippen MR) is 89.3 cm³/mol. The lowest BCUT2D eigenvalue weighted by molar-refractivity contribution is -0.120. The van der Waals surface area contributed by atoms with E-state index in [1.165, 1.54) is 18.5 Å². The third-order valence-electron chi connectivity index (χ3n) is 4.44. The first-order valence-electron chi connectivity index (χ1n) is 7.60. The van der Waals surface area contributed by atoms with Crippen molar-refractivity contribution in [3.05, 3.63) is 24.3 Å². The van der Waals surface area contributed by atoms with Crippen molar-refractivity contribution in [3.8, 4) is 0 Å². The molecule has 4 nitrogen and oxygen atoms in total. The zero-order valence-electron chi connectivity index (χ0n) is 12.5. The third-order valence-corrected chi connectivity index (χ3v) is 4.44. The van der Waals surface area contributed by atoms with Gasteiger partial charge in [0.1, 0.15) is 0 Å². The predicted octanol–water partition coefficient (Wildman–Crippen LogP) is 2.50. The van der Waals surface area contributed by atoms with E-state index < -0.39 is 0 Å². The van der Waals surface area contributed by atoms with Gasteiger partial charge in [-0.2, -0.15) is 0 Å². The van der Waals surface area contributed by atoms with Crippen molar-refractivity contribution in [2.24, 2.45) is 11.8 Å². The van der Waals surface area contributed by atoms with Crippen LogP contribution in [-0.4, -0.2) is 32.1 Å². The average molecular weight is 310 g/mol. The molecule has 1 amide bonds. The molecular formula is C16H24ClN3O. The number of anilines is 2. The summed E-state index contributed by atoms with van der Waals surface area (Å²) >= 11 is 0. The van der Waals surface area contributed by atoms with E-state index in [0.717, 1.165) is 31.9 Å². The molecule has 5 heteroatoms. The number of carbonyl (C=O) groups excluding carboxylic acids is 1. The van der Waals surface area contributed by atoms with Crippen molar-refractivity contribution in [2.75, 3.05) is 36.4 Å². The minimum absolute atomic E-state index is 0. The van der Waals surface area contributed by atoms with Gasteiger partial charge < -0.3 is 15.5 Å². The highest BCUT2D eigenvalue weighted by atomic mass is 35.5. The first-order chi connectivity index (χ1) is 9.74. The van der Waals surface area contributed by atoms with Crippen LogP contribution in [0.2, 0.25) is 0 Å². The maximum atomic E-state index is 12.3. The van der Waals surface area contributed by atoms with E-state index in [1.54, 1.807) is 0 Å². The van der Waals surface area contributed by atoms with Gasteiger partial charge in [0.15, 0.2) is 0 Å². The summed E-state index contributed by atoms with van der Waals surface area (Å²) in [5, 5.41) is 6.35. The van der Waals surface area contributed by atoms with Crippen LogP contribution in [0, 0.1) is 11.8 Å². The summed E-state index contributed by atoms with van der Waals surface area (Å²) in [6.07, 6.45) is 2.53. The summed E-state index contributed by atoms with van der Waals surface area (Å²) in [6, 6.07) is 8.22. The van der Waals surface area contributed by atoms with Crippen LogP contribution in [0.3, 0.4) is 0 Å². The second-order valence-corrected chi connectivity index (χ2v) is 5.98. The Morgan fingerprint density at radius 2 is 2.05 bits per heavy atom. The van der Waals surface area contributed by atoms with Crippen LogP contribution < -0.4 is 15.5 Å². The summed E-state index contributed by atoms with van der Waals surface area (Å²) in [7, 11) is 0. The summed E-state index contributed by atoms with van der Waals surface area (Å²) in [5.41, 5.74) is 2.14. The third kappa shape index (κ3) is 3.69. The van der Waals surface area contributed by atoms with Gasteiger partial charge >= 0.3 is 0 Å². The van der Waals surface area contributed by atoms with Crippen LogP contribution in [0.25, 0.3) is 0 Å². The Morgan fingerprint density at radius 3 is 2.71 bits per heavy atom.